The van der Waals surface area contributed by atoms with Gasteiger partial charge in [-0.15, -0.1) is 0 Å². The quantitative estimate of drug-likeness (QED) is 0.543. The normalized spacial score (nSPS) is 14.3. The van der Waals surface area contributed by atoms with E-state index >= 15 is 0 Å². The highest BCUT2D eigenvalue weighted by Gasteiger charge is 2.05. The molecule has 0 N–H and O–H groups in total. The van der Waals surface area contributed by atoms with Crippen LogP contribution in [0, 0.1) is 0 Å². The van der Waals surface area contributed by atoms with Gasteiger partial charge in [0.2, 0.25) is 0 Å². The topological polar surface area (TPSA) is 27.7 Å². The summed E-state index contributed by atoms with van der Waals surface area (Å²) in [5.74, 6) is 0. The Morgan fingerprint density at radius 2 is 1.77 bits per heavy atom. The van der Waals surface area contributed by atoms with Gasteiger partial charge in [0.25, 0.3) is 0 Å². The maximum absolute atomic E-state index is 5.41. The first-order valence-electron chi connectivity index (χ1n) is 4.31. The Morgan fingerprint density at radius 1 is 1.08 bits per heavy atom. The van der Waals surface area contributed by atoms with Crippen molar-refractivity contribution in [2.24, 2.45) is 0 Å². The van der Waals surface area contributed by atoms with E-state index in [0.717, 1.165) is 0 Å². The van der Waals surface area contributed by atoms with Crippen LogP contribution in [0.25, 0.3) is 0 Å². The molecule has 76 valence electrons. The van der Waals surface area contributed by atoms with Crippen LogP contribution in [0.1, 0.15) is 13.8 Å². The molecule has 0 saturated carbocycles. The molecule has 3 nitrogen and oxygen atoms in total. The first-order chi connectivity index (χ1) is 6.20. The van der Waals surface area contributed by atoms with Gasteiger partial charge in [0.1, 0.15) is 12.7 Å². The molecule has 0 radical (unpaired) electrons. The molecule has 0 rings (SSSR count). The molecule has 0 aromatic carbocycles. The highest BCUT2D eigenvalue weighted by Crippen LogP contribution is 1.97. The number of hydrogen-bond acceptors (Lipinski definition) is 3. The molecule has 0 heterocycles. The molecular formula is C10H18O3. The fourth-order valence-corrected chi connectivity index (χ4v) is 0.755. The Labute approximate surface area is 80.0 Å². The third kappa shape index (κ3) is 7.40. The van der Waals surface area contributed by atoms with Crippen LogP contribution in [0.2, 0.25) is 0 Å². The molecule has 3 heteroatoms. The zero-order valence-corrected chi connectivity index (χ0v) is 8.36. The van der Waals surface area contributed by atoms with Crippen LogP contribution in [0.3, 0.4) is 0 Å². The summed E-state index contributed by atoms with van der Waals surface area (Å²) in [5, 5.41) is 0. The first-order valence-corrected chi connectivity index (χ1v) is 4.31. The third-order valence-corrected chi connectivity index (χ3v) is 1.39. The third-order valence-electron chi connectivity index (χ3n) is 1.39. The maximum atomic E-state index is 5.41. The van der Waals surface area contributed by atoms with Crippen LogP contribution in [0.5, 0.6) is 0 Å². The van der Waals surface area contributed by atoms with Crippen molar-refractivity contribution < 1.29 is 14.2 Å². The second-order valence-corrected chi connectivity index (χ2v) is 2.76. The van der Waals surface area contributed by atoms with Crippen molar-refractivity contribution in [2.75, 3.05) is 13.2 Å². The Balaban J connectivity index is 3.38. The second kappa shape index (κ2) is 7.68. The van der Waals surface area contributed by atoms with Gasteiger partial charge in [0.15, 0.2) is 0 Å². The molecule has 0 fully saturated rings. The van der Waals surface area contributed by atoms with E-state index in [-0.39, 0.29) is 12.2 Å². The van der Waals surface area contributed by atoms with Crippen molar-refractivity contribution in [2.45, 2.75) is 26.1 Å². The monoisotopic (exact) mass is 186 g/mol. The van der Waals surface area contributed by atoms with Crippen LogP contribution in [-0.4, -0.2) is 25.4 Å². The zero-order valence-electron chi connectivity index (χ0n) is 8.36. The number of hydrogen-bond donors (Lipinski definition) is 0. The van der Waals surface area contributed by atoms with Crippen molar-refractivity contribution in [3.05, 3.63) is 25.7 Å². The standard InChI is InChI=1S/C10H18O3/c1-5-11-7-9(3)13-8-10(4)12-6-2/h5-6,9-10H,1-2,7-8H2,3-4H3. The van der Waals surface area contributed by atoms with Gasteiger partial charge in [-0.2, -0.15) is 0 Å². The van der Waals surface area contributed by atoms with E-state index < -0.39 is 0 Å². The summed E-state index contributed by atoms with van der Waals surface area (Å²) in [6, 6.07) is 0. The molecule has 0 aliphatic rings. The smallest absolute Gasteiger partial charge is 0.118 e. The lowest BCUT2D eigenvalue weighted by molar-refractivity contribution is -0.0242. The van der Waals surface area contributed by atoms with E-state index in [2.05, 4.69) is 13.2 Å². The second-order valence-electron chi connectivity index (χ2n) is 2.76. The number of ether oxygens (including phenoxy) is 3. The molecule has 0 bridgehead atoms. The highest BCUT2D eigenvalue weighted by molar-refractivity contribution is 4.58. The summed E-state index contributed by atoms with van der Waals surface area (Å²) in [6.07, 6.45) is 2.90. The van der Waals surface area contributed by atoms with Crippen molar-refractivity contribution in [3.8, 4) is 0 Å². The minimum absolute atomic E-state index is 0.0312. The lowest BCUT2D eigenvalue weighted by Crippen LogP contribution is -2.21. The van der Waals surface area contributed by atoms with Gasteiger partial charge >= 0.3 is 0 Å². The van der Waals surface area contributed by atoms with E-state index in [1.54, 1.807) is 0 Å². The summed E-state index contributed by atoms with van der Waals surface area (Å²) < 4.78 is 15.5. The van der Waals surface area contributed by atoms with Crippen molar-refractivity contribution in [1.82, 2.24) is 0 Å². The first kappa shape index (κ1) is 12.0. The fourth-order valence-electron chi connectivity index (χ4n) is 0.755. The summed E-state index contributed by atoms with van der Waals surface area (Å²) in [5.41, 5.74) is 0. The van der Waals surface area contributed by atoms with Gasteiger partial charge in [-0.1, -0.05) is 13.2 Å². The molecule has 0 aromatic rings. The van der Waals surface area contributed by atoms with E-state index in [9.17, 15) is 0 Å². The van der Waals surface area contributed by atoms with Crippen molar-refractivity contribution in [3.63, 3.8) is 0 Å². The van der Waals surface area contributed by atoms with E-state index in [1.165, 1.54) is 12.5 Å². The largest absolute Gasteiger partial charge is 0.499 e. The molecule has 2 unspecified atom stereocenters. The summed E-state index contributed by atoms with van der Waals surface area (Å²) in [4.78, 5) is 0. The minimum Gasteiger partial charge on any atom is -0.499 e. The van der Waals surface area contributed by atoms with Gasteiger partial charge in [-0.25, -0.2) is 0 Å². The van der Waals surface area contributed by atoms with Gasteiger partial charge in [0.05, 0.1) is 25.2 Å². The molecule has 0 saturated heterocycles. The number of rotatable bonds is 8. The molecule has 0 spiro atoms. The molecule has 0 amide bonds. The molecule has 0 aliphatic heterocycles. The zero-order chi connectivity index (χ0) is 10.1. The Hall–Kier alpha value is -0.960. The molecular weight excluding hydrogens is 168 g/mol. The van der Waals surface area contributed by atoms with Gasteiger partial charge < -0.3 is 14.2 Å². The van der Waals surface area contributed by atoms with Crippen LogP contribution in [0.4, 0.5) is 0 Å². The van der Waals surface area contributed by atoms with Gasteiger partial charge in [-0.05, 0) is 13.8 Å². The minimum atomic E-state index is 0.0312. The van der Waals surface area contributed by atoms with Crippen molar-refractivity contribution in [1.29, 1.82) is 0 Å². The Kier molecular flexibility index (Phi) is 7.11. The molecule has 13 heavy (non-hydrogen) atoms. The van der Waals surface area contributed by atoms with Crippen LogP contribution in [-0.2, 0) is 14.2 Å². The predicted octanol–water partition coefficient (Wildman–Crippen LogP) is 2.10. The molecule has 0 aromatic heterocycles. The highest BCUT2D eigenvalue weighted by atomic mass is 16.6. The SMILES string of the molecule is C=COCC(C)OCC(C)OC=C. The van der Waals surface area contributed by atoms with E-state index in [4.69, 9.17) is 14.2 Å². The molecule has 2 atom stereocenters. The van der Waals surface area contributed by atoms with E-state index in [1.807, 2.05) is 13.8 Å². The van der Waals surface area contributed by atoms with Crippen LogP contribution < -0.4 is 0 Å². The Morgan fingerprint density at radius 3 is 2.31 bits per heavy atom. The van der Waals surface area contributed by atoms with Crippen LogP contribution >= 0.6 is 0 Å². The predicted molar refractivity (Wildman–Crippen MR) is 52.3 cm³/mol. The summed E-state index contributed by atoms with van der Waals surface area (Å²) in [6.45, 7) is 11.8. The van der Waals surface area contributed by atoms with Crippen LogP contribution in [0.15, 0.2) is 25.7 Å². The maximum Gasteiger partial charge on any atom is 0.118 e. The Bertz CT molecular complexity index is 145. The summed E-state index contributed by atoms with van der Waals surface area (Å²) >= 11 is 0. The van der Waals surface area contributed by atoms with Crippen molar-refractivity contribution >= 4 is 0 Å². The molecule has 0 aliphatic carbocycles. The lowest BCUT2D eigenvalue weighted by atomic mass is 10.4. The van der Waals surface area contributed by atoms with E-state index in [0.29, 0.717) is 13.2 Å². The van der Waals surface area contributed by atoms with Gasteiger partial charge in [-0.3, -0.25) is 0 Å². The summed E-state index contributed by atoms with van der Waals surface area (Å²) in [7, 11) is 0. The lowest BCUT2D eigenvalue weighted by Gasteiger charge is -2.16. The average molecular weight is 186 g/mol. The average Bonchev–Trinajstić information content (AvgIpc) is 2.12. The fraction of sp³-hybridized carbons (Fsp3) is 0.600. The van der Waals surface area contributed by atoms with Gasteiger partial charge in [0, 0.05) is 0 Å².